The fourth-order valence-electron chi connectivity index (χ4n) is 2.99. The van der Waals surface area contributed by atoms with Crippen LogP contribution in [0.25, 0.3) is 0 Å². The molecule has 1 aliphatic carbocycles. The predicted molar refractivity (Wildman–Crippen MR) is 115 cm³/mol. The average molecular weight is 358 g/mol. The van der Waals surface area contributed by atoms with Crippen LogP contribution in [0.2, 0.25) is 0 Å². The number of hydrogen-bond acceptors (Lipinski definition) is 0. The molecule has 1 aromatic carbocycles. The molecule has 0 aromatic heterocycles. The van der Waals surface area contributed by atoms with Crippen LogP contribution >= 0.6 is 27.7 Å². The molecule has 0 heterocycles. The van der Waals surface area contributed by atoms with Crippen molar-refractivity contribution in [1.82, 2.24) is 0 Å². The van der Waals surface area contributed by atoms with E-state index in [1.165, 1.54) is 43.0 Å². The Labute approximate surface area is 146 Å². The standard InChI is InChI=1S/C15H25P3.2C2H6/c16-8-11-1-3-14(4-2-11)15-6-12(9-17)5-13(7-15)10-18;2*1-2/h5-7,11,14H,1-4,8-10,16-18H2;2*1-2H3. The number of rotatable bonds is 4. The summed E-state index contributed by atoms with van der Waals surface area (Å²) in [5.41, 5.74) is 4.54. The second kappa shape index (κ2) is 13.9. The van der Waals surface area contributed by atoms with Crippen LogP contribution < -0.4 is 0 Å². The zero-order valence-electron chi connectivity index (χ0n) is 15.1. The van der Waals surface area contributed by atoms with Gasteiger partial charge in [-0.05, 0) is 72.7 Å². The Morgan fingerprint density at radius 3 is 1.59 bits per heavy atom. The lowest BCUT2D eigenvalue weighted by atomic mass is 9.79. The van der Waals surface area contributed by atoms with Gasteiger partial charge < -0.3 is 0 Å². The van der Waals surface area contributed by atoms with E-state index in [1.54, 1.807) is 5.56 Å². The van der Waals surface area contributed by atoms with Crippen LogP contribution in [-0.4, -0.2) is 6.16 Å². The number of hydrogen-bond donors (Lipinski definition) is 0. The molecule has 2 rings (SSSR count). The minimum absolute atomic E-state index is 0.810. The fraction of sp³-hybridized carbons (Fsp3) is 0.684. The summed E-state index contributed by atoms with van der Waals surface area (Å²) in [6, 6.07) is 7.21. The Kier molecular flexibility index (Phi) is 14.2. The highest BCUT2D eigenvalue weighted by Gasteiger charge is 2.21. The zero-order chi connectivity index (χ0) is 17.0. The summed E-state index contributed by atoms with van der Waals surface area (Å²) in [6.45, 7) is 8.00. The van der Waals surface area contributed by atoms with Crippen LogP contribution in [-0.2, 0) is 12.3 Å². The van der Waals surface area contributed by atoms with E-state index in [1.807, 2.05) is 27.7 Å². The average Bonchev–Trinajstić information content (AvgIpc) is 2.64. The Balaban J connectivity index is 0.00000102. The molecule has 128 valence electrons. The van der Waals surface area contributed by atoms with Crippen LogP contribution in [0, 0.1) is 5.92 Å². The van der Waals surface area contributed by atoms with E-state index in [4.69, 9.17) is 0 Å². The molecule has 0 N–H and O–H groups in total. The van der Waals surface area contributed by atoms with Crippen LogP contribution in [0.15, 0.2) is 18.2 Å². The van der Waals surface area contributed by atoms with Gasteiger partial charge in [-0.15, -0.1) is 27.7 Å². The first-order chi connectivity index (χ1) is 10.8. The minimum Gasteiger partial charge on any atom is -0.137 e. The highest BCUT2D eigenvalue weighted by Crippen LogP contribution is 2.37. The van der Waals surface area contributed by atoms with Crippen molar-refractivity contribution in [3.63, 3.8) is 0 Å². The van der Waals surface area contributed by atoms with Gasteiger partial charge in [-0.1, -0.05) is 45.9 Å². The highest BCUT2D eigenvalue weighted by atomic mass is 31.0. The van der Waals surface area contributed by atoms with E-state index in [0.717, 1.165) is 24.2 Å². The minimum atomic E-state index is 0.810. The Morgan fingerprint density at radius 1 is 0.773 bits per heavy atom. The van der Waals surface area contributed by atoms with E-state index in [2.05, 4.69) is 45.9 Å². The van der Waals surface area contributed by atoms with Crippen molar-refractivity contribution in [2.24, 2.45) is 5.92 Å². The summed E-state index contributed by atoms with van der Waals surface area (Å²) in [7, 11) is 8.62. The Hall–Kier alpha value is 0.510. The number of benzene rings is 1. The summed E-state index contributed by atoms with van der Waals surface area (Å²) in [5, 5.41) is 0. The van der Waals surface area contributed by atoms with Gasteiger partial charge in [0.25, 0.3) is 0 Å². The molecule has 3 atom stereocenters. The van der Waals surface area contributed by atoms with Gasteiger partial charge in [-0.25, -0.2) is 0 Å². The Bertz CT molecular complexity index is 360. The van der Waals surface area contributed by atoms with Crippen molar-refractivity contribution in [3.05, 3.63) is 34.9 Å². The molecule has 1 fully saturated rings. The summed E-state index contributed by atoms with van der Waals surface area (Å²) >= 11 is 0. The van der Waals surface area contributed by atoms with Crippen molar-refractivity contribution >= 4 is 27.7 Å². The molecule has 1 aromatic rings. The van der Waals surface area contributed by atoms with Gasteiger partial charge in [0, 0.05) is 0 Å². The molecule has 0 saturated heterocycles. The van der Waals surface area contributed by atoms with Gasteiger partial charge in [0.05, 0.1) is 0 Å². The topological polar surface area (TPSA) is 0 Å². The van der Waals surface area contributed by atoms with E-state index < -0.39 is 0 Å². The molecule has 1 saturated carbocycles. The lowest BCUT2D eigenvalue weighted by Gasteiger charge is -2.28. The molecule has 3 heteroatoms. The summed E-state index contributed by atoms with van der Waals surface area (Å²) in [6.07, 6.45) is 9.03. The maximum absolute atomic E-state index is 2.91. The Morgan fingerprint density at radius 2 is 1.23 bits per heavy atom. The molecule has 0 bridgehead atoms. The maximum Gasteiger partial charge on any atom is -0.0128 e. The van der Waals surface area contributed by atoms with Gasteiger partial charge in [0.15, 0.2) is 0 Å². The maximum atomic E-state index is 2.91. The van der Waals surface area contributed by atoms with Crippen molar-refractivity contribution in [2.75, 3.05) is 6.16 Å². The second-order valence-electron chi connectivity index (χ2n) is 5.44. The lowest BCUT2D eigenvalue weighted by Crippen LogP contribution is -2.14. The molecule has 0 radical (unpaired) electrons. The van der Waals surface area contributed by atoms with Gasteiger partial charge in [-0.3, -0.25) is 0 Å². The van der Waals surface area contributed by atoms with Crippen molar-refractivity contribution < 1.29 is 0 Å². The van der Waals surface area contributed by atoms with E-state index >= 15 is 0 Å². The van der Waals surface area contributed by atoms with E-state index in [9.17, 15) is 0 Å². The van der Waals surface area contributed by atoms with Crippen molar-refractivity contribution in [3.8, 4) is 0 Å². The zero-order valence-corrected chi connectivity index (χ0v) is 18.5. The van der Waals surface area contributed by atoms with Crippen LogP contribution in [0.5, 0.6) is 0 Å². The molecule has 1 aliphatic rings. The molecular weight excluding hydrogens is 321 g/mol. The highest BCUT2D eigenvalue weighted by molar-refractivity contribution is 7.16. The molecular formula is C19H37P3. The fourth-order valence-corrected chi connectivity index (χ4v) is 3.94. The third-order valence-corrected chi connectivity index (χ3v) is 5.81. The quantitative estimate of drug-likeness (QED) is 0.529. The normalized spacial score (nSPS) is 20.3. The van der Waals surface area contributed by atoms with Crippen LogP contribution in [0.3, 0.4) is 0 Å². The molecule has 22 heavy (non-hydrogen) atoms. The third kappa shape index (κ3) is 7.39. The monoisotopic (exact) mass is 358 g/mol. The molecule has 3 unspecified atom stereocenters. The van der Waals surface area contributed by atoms with Crippen LogP contribution in [0.1, 0.15) is 76.0 Å². The largest absolute Gasteiger partial charge is 0.137 e. The third-order valence-electron chi connectivity index (χ3n) is 4.20. The molecule has 0 aliphatic heterocycles. The lowest BCUT2D eigenvalue weighted by molar-refractivity contribution is 0.352. The SMILES string of the molecule is CC.CC.PCc1cc(CP)cc(C2CCC(CP)CC2)c1. The second-order valence-corrected chi connectivity index (χ2v) is 6.73. The van der Waals surface area contributed by atoms with Crippen molar-refractivity contribution in [1.29, 1.82) is 0 Å². The van der Waals surface area contributed by atoms with Crippen molar-refractivity contribution in [2.45, 2.75) is 71.6 Å². The first-order valence-electron chi connectivity index (χ1n) is 8.99. The summed E-state index contributed by atoms with van der Waals surface area (Å²) in [5.74, 6) is 1.77. The summed E-state index contributed by atoms with van der Waals surface area (Å²) < 4.78 is 0. The van der Waals surface area contributed by atoms with E-state index in [0.29, 0.717) is 0 Å². The molecule has 0 nitrogen and oxygen atoms in total. The van der Waals surface area contributed by atoms with Gasteiger partial charge >= 0.3 is 0 Å². The molecule has 0 spiro atoms. The van der Waals surface area contributed by atoms with Crippen LogP contribution in [0.4, 0.5) is 0 Å². The first kappa shape index (κ1) is 22.5. The smallest absolute Gasteiger partial charge is 0.0128 e. The van der Waals surface area contributed by atoms with E-state index in [-0.39, 0.29) is 0 Å². The molecule has 0 amide bonds. The first-order valence-corrected chi connectivity index (χ1v) is 11.4. The summed E-state index contributed by atoms with van der Waals surface area (Å²) in [4.78, 5) is 0. The van der Waals surface area contributed by atoms with Gasteiger partial charge in [0.1, 0.15) is 0 Å². The van der Waals surface area contributed by atoms with Gasteiger partial charge in [-0.2, -0.15) is 0 Å². The van der Waals surface area contributed by atoms with Gasteiger partial charge in [0.2, 0.25) is 0 Å². The predicted octanol–water partition coefficient (Wildman–Crippen LogP) is 6.64.